The van der Waals surface area contributed by atoms with Crippen LogP contribution in [0.25, 0.3) is 0 Å². The molecule has 168 valence electrons. The molecule has 2 heterocycles. The van der Waals surface area contributed by atoms with Gasteiger partial charge in [0.1, 0.15) is 23.9 Å². The Hall–Kier alpha value is -3.01. The second-order valence-electron chi connectivity index (χ2n) is 7.15. The van der Waals surface area contributed by atoms with Gasteiger partial charge < -0.3 is 19.2 Å². The Kier molecular flexibility index (Phi) is 6.40. The van der Waals surface area contributed by atoms with Crippen LogP contribution in [0.4, 0.5) is 0 Å². The Morgan fingerprint density at radius 3 is 2.62 bits per heavy atom. The standard InChI is InChI=1S/C22H21ClN2O6S/c1-14(15-5-7-19-20(11-15)31-10-9-30-19)25-22(26)16-4-6-18(23)21(12-16)32(27,28)24-13-17-3-2-8-29-17/h2-8,11-12,14,24H,9-10,13H2,1H3,(H,25,26). The number of amides is 1. The first kappa shape index (κ1) is 22.2. The number of hydrogen-bond donors (Lipinski definition) is 2. The average Bonchev–Trinajstić information content (AvgIpc) is 3.31. The molecule has 0 bridgehead atoms. The highest BCUT2D eigenvalue weighted by atomic mass is 35.5. The molecule has 2 aromatic carbocycles. The largest absolute Gasteiger partial charge is 0.486 e. The van der Waals surface area contributed by atoms with Crippen LogP contribution >= 0.6 is 11.6 Å². The van der Waals surface area contributed by atoms with E-state index in [-0.39, 0.29) is 28.1 Å². The van der Waals surface area contributed by atoms with Crippen molar-refractivity contribution in [1.29, 1.82) is 0 Å². The van der Waals surface area contributed by atoms with Crippen LogP contribution < -0.4 is 19.5 Å². The summed E-state index contributed by atoms with van der Waals surface area (Å²) in [5, 5.41) is 2.87. The number of sulfonamides is 1. The van der Waals surface area contributed by atoms with E-state index in [0.717, 1.165) is 5.56 Å². The summed E-state index contributed by atoms with van der Waals surface area (Å²) < 4.78 is 44.1. The van der Waals surface area contributed by atoms with E-state index in [1.54, 1.807) is 18.2 Å². The maximum atomic E-state index is 12.8. The Bertz CT molecular complexity index is 1230. The summed E-state index contributed by atoms with van der Waals surface area (Å²) in [7, 11) is -3.97. The average molecular weight is 477 g/mol. The number of rotatable bonds is 7. The van der Waals surface area contributed by atoms with Gasteiger partial charge in [-0.15, -0.1) is 0 Å². The Balaban J connectivity index is 1.49. The van der Waals surface area contributed by atoms with Crippen molar-refractivity contribution < 1.29 is 27.1 Å². The van der Waals surface area contributed by atoms with Gasteiger partial charge >= 0.3 is 0 Å². The second kappa shape index (κ2) is 9.23. The summed E-state index contributed by atoms with van der Waals surface area (Å²) in [5.41, 5.74) is 0.988. The lowest BCUT2D eigenvalue weighted by Crippen LogP contribution is -2.28. The third-order valence-corrected chi connectivity index (χ3v) is 6.80. The zero-order chi connectivity index (χ0) is 22.7. The fraction of sp³-hybridized carbons (Fsp3) is 0.227. The number of carbonyl (C=O) groups excluding carboxylic acids is 1. The van der Waals surface area contributed by atoms with E-state index in [0.29, 0.717) is 30.5 Å². The predicted octanol–water partition coefficient (Wildman–Crippen LogP) is 3.67. The fourth-order valence-electron chi connectivity index (χ4n) is 3.20. The Morgan fingerprint density at radius 1 is 1.09 bits per heavy atom. The van der Waals surface area contributed by atoms with Crippen LogP contribution in [0, 0.1) is 0 Å². The minimum atomic E-state index is -3.97. The van der Waals surface area contributed by atoms with Gasteiger partial charge in [-0.05, 0) is 55.0 Å². The van der Waals surface area contributed by atoms with Crippen LogP contribution in [-0.2, 0) is 16.6 Å². The lowest BCUT2D eigenvalue weighted by atomic mass is 10.1. The molecule has 1 amide bonds. The number of nitrogens with one attached hydrogen (secondary N) is 2. The third-order valence-electron chi connectivity index (χ3n) is 4.91. The van der Waals surface area contributed by atoms with Crippen LogP contribution in [0.3, 0.4) is 0 Å². The maximum absolute atomic E-state index is 12.8. The van der Waals surface area contributed by atoms with E-state index in [9.17, 15) is 13.2 Å². The molecule has 32 heavy (non-hydrogen) atoms. The van der Waals surface area contributed by atoms with Crippen LogP contribution in [0.2, 0.25) is 5.02 Å². The number of fused-ring (bicyclic) bond motifs is 1. The molecular weight excluding hydrogens is 456 g/mol. The lowest BCUT2D eigenvalue weighted by Gasteiger charge is -2.21. The van der Waals surface area contributed by atoms with Crippen molar-refractivity contribution in [3.63, 3.8) is 0 Å². The highest BCUT2D eigenvalue weighted by molar-refractivity contribution is 7.89. The van der Waals surface area contributed by atoms with Crippen LogP contribution in [-0.4, -0.2) is 27.5 Å². The zero-order valence-electron chi connectivity index (χ0n) is 17.1. The van der Waals surface area contributed by atoms with Gasteiger partial charge in [-0.25, -0.2) is 13.1 Å². The van der Waals surface area contributed by atoms with Crippen molar-refractivity contribution in [3.05, 3.63) is 76.7 Å². The van der Waals surface area contributed by atoms with Gasteiger partial charge in [0.05, 0.1) is 23.9 Å². The number of furan rings is 1. The third kappa shape index (κ3) is 4.90. The molecule has 1 aliphatic rings. The minimum Gasteiger partial charge on any atom is -0.486 e. The number of benzene rings is 2. The molecule has 1 atom stereocenters. The number of halogens is 1. The lowest BCUT2D eigenvalue weighted by molar-refractivity contribution is 0.0939. The smallest absolute Gasteiger partial charge is 0.251 e. The van der Waals surface area contributed by atoms with Gasteiger partial charge in [0, 0.05) is 5.56 Å². The van der Waals surface area contributed by atoms with Crippen molar-refractivity contribution in [2.24, 2.45) is 0 Å². The van der Waals surface area contributed by atoms with Crippen LogP contribution in [0.5, 0.6) is 11.5 Å². The van der Waals surface area contributed by atoms with Gasteiger partial charge in [-0.1, -0.05) is 17.7 Å². The van der Waals surface area contributed by atoms with Crippen LogP contribution in [0.15, 0.2) is 64.1 Å². The molecule has 8 nitrogen and oxygen atoms in total. The minimum absolute atomic E-state index is 0.00776. The highest BCUT2D eigenvalue weighted by Crippen LogP contribution is 2.32. The van der Waals surface area contributed by atoms with E-state index in [2.05, 4.69) is 10.0 Å². The van der Waals surface area contributed by atoms with E-state index in [1.807, 2.05) is 19.1 Å². The van der Waals surface area contributed by atoms with Gasteiger partial charge in [0.2, 0.25) is 10.0 Å². The molecule has 10 heteroatoms. The summed E-state index contributed by atoms with van der Waals surface area (Å²) in [6.07, 6.45) is 1.45. The summed E-state index contributed by atoms with van der Waals surface area (Å²) in [6.45, 7) is 2.75. The first-order valence-electron chi connectivity index (χ1n) is 9.85. The molecular formula is C22H21ClN2O6S. The van der Waals surface area contributed by atoms with E-state index < -0.39 is 15.9 Å². The summed E-state index contributed by atoms with van der Waals surface area (Å²) in [4.78, 5) is 12.6. The molecule has 2 N–H and O–H groups in total. The van der Waals surface area contributed by atoms with Crippen molar-refractivity contribution >= 4 is 27.5 Å². The van der Waals surface area contributed by atoms with Gasteiger partial charge in [-0.2, -0.15) is 0 Å². The topological polar surface area (TPSA) is 107 Å². The van der Waals surface area contributed by atoms with Crippen LogP contribution in [0.1, 0.15) is 34.6 Å². The second-order valence-corrected chi connectivity index (χ2v) is 9.29. The van der Waals surface area contributed by atoms with Crippen molar-refractivity contribution in [2.45, 2.75) is 24.4 Å². The van der Waals surface area contributed by atoms with E-state index >= 15 is 0 Å². The summed E-state index contributed by atoms with van der Waals surface area (Å²) >= 11 is 6.12. The zero-order valence-corrected chi connectivity index (χ0v) is 18.7. The molecule has 1 aromatic heterocycles. The predicted molar refractivity (Wildman–Crippen MR) is 117 cm³/mol. The van der Waals surface area contributed by atoms with Crippen molar-refractivity contribution in [1.82, 2.24) is 10.0 Å². The molecule has 3 aromatic rings. The van der Waals surface area contributed by atoms with Crippen molar-refractivity contribution in [2.75, 3.05) is 13.2 Å². The molecule has 0 fully saturated rings. The molecule has 1 aliphatic heterocycles. The summed E-state index contributed by atoms with van der Waals surface area (Å²) in [6, 6.07) is 12.5. The monoisotopic (exact) mass is 476 g/mol. The number of ether oxygens (including phenoxy) is 2. The van der Waals surface area contributed by atoms with Gasteiger partial charge in [-0.3, -0.25) is 4.79 Å². The normalized spacial score (nSPS) is 14.1. The molecule has 0 saturated heterocycles. The molecule has 0 aliphatic carbocycles. The summed E-state index contributed by atoms with van der Waals surface area (Å²) in [5.74, 6) is 1.30. The van der Waals surface area contributed by atoms with E-state index in [4.69, 9.17) is 25.5 Å². The Labute approximate surface area is 190 Å². The molecule has 0 saturated carbocycles. The quantitative estimate of drug-likeness (QED) is 0.538. The maximum Gasteiger partial charge on any atom is 0.251 e. The number of carbonyl (C=O) groups is 1. The fourth-order valence-corrected chi connectivity index (χ4v) is 4.72. The van der Waals surface area contributed by atoms with Gasteiger partial charge in [0.25, 0.3) is 5.91 Å². The SMILES string of the molecule is CC(NC(=O)c1ccc(Cl)c(S(=O)(=O)NCc2ccco2)c1)c1ccc2c(c1)OCCO2. The first-order chi connectivity index (χ1) is 15.3. The first-order valence-corrected chi connectivity index (χ1v) is 11.7. The van der Waals surface area contributed by atoms with Gasteiger partial charge in [0.15, 0.2) is 11.5 Å². The molecule has 0 radical (unpaired) electrons. The van der Waals surface area contributed by atoms with Crippen molar-refractivity contribution in [3.8, 4) is 11.5 Å². The number of hydrogen-bond acceptors (Lipinski definition) is 6. The highest BCUT2D eigenvalue weighted by Gasteiger charge is 2.22. The molecule has 0 spiro atoms. The molecule has 1 unspecified atom stereocenters. The molecule has 4 rings (SSSR count). The Morgan fingerprint density at radius 2 is 1.88 bits per heavy atom. The van der Waals surface area contributed by atoms with E-state index in [1.165, 1.54) is 24.5 Å².